The van der Waals surface area contributed by atoms with E-state index in [1.165, 1.54) is 64.6 Å². The number of aromatic nitrogens is 1. The molecule has 2 nitrogen and oxygen atoms in total. The van der Waals surface area contributed by atoms with Crippen LogP contribution in [0.2, 0.25) is 0 Å². The molecule has 0 saturated heterocycles. The normalized spacial score (nSPS) is 14.2. The molecule has 1 aliphatic heterocycles. The third-order valence-electron chi connectivity index (χ3n) is 8.57. The molecule has 2 heterocycles. The van der Waals surface area contributed by atoms with Crippen molar-refractivity contribution < 1.29 is 0 Å². The van der Waals surface area contributed by atoms with Crippen molar-refractivity contribution in [2.45, 2.75) is 10.3 Å². The van der Waals surface area contributed by atoms with Gasteiger partial charge < -0.3 is 5.32 Å². The Morgan fingerprint density at radius 1 is 0.500 bits per heavy atom. The molecule has 7 aromatic carbocycles. The summed E-state index contributed by atoms with van der Waals surface area (Å²) in [5, 5.41) is 10.0. The van der Waals surface area contributed by atoms with Gasteiger partial charge in [0.25, 0.3) is 0 Å². The van der Waals surface area contributed by atoms with Crippen LogP contribution in [0.15, 0.2) is 150 Å². The first-order valence-corrected chi connectivity index (χ1v) is 16.5. The fourth-order valence-electron chi connectivity index (χ4n) is 6.49. The summed E-state index contributed by atoms with van der Waals surface area (Å²) in [4.78, 5) is 6.19. The highest BCUT2D eigenvalue weighted by atomic mass is 32.2. The zero-order chi connectivity index (χ0) is 29.0. The molecule has 208 valence electrons. The summed E-state index contributed by atoms with van der Waals surface area (Å²) in [5.41, 5.74) is 9.72. The number of benzene rings is 7. The Bertz CT molecular complexity index is 2220. The van der Waals surface area contributed by atoms with Gasteiger partial charge in [-0.05, 0) is 73.6 Å². The van der Waals surface area contributed by atoms with Crippen molar-refractivity contribution in [1.82, 2.24) is 4.98 Å². The van der Waals surface area contributed by atoms with E-state index >= 15 is 0 Å². The second-order valence-corrected chi connectivity index (χ2v) is 13.3. The van der Waals surface area contributed by atoms with E-state index in [4.69, 9.17) is 4.98 Å². The Hall–Kier alpha value is -4.90. The number of para-hydroxylation sites is 2. The van der Waals surface area contributed by atoms with E-state index in [9.17, 15) is 0 Å². The minimum atomic E-state index is 0.225. The highest BCUT2D eigenvalue weighted by Crippen LogP contribution is 2.48. The molecule has 0 fully saturated rings. The smallest absolute Gasteiger partial charge is 0.124 e. The van der Waals surface area contributed by atoms with E-state index in [1.807, 2.05) is 17.8 Å². The lowest BCUT2D eigenvalue weighted by Gasteiger charge is -2.18. The number of nitrogens with one attached hydrogen (secondary N) is 1. The van der Waals surface area contributed by atoms with Crippen molar-refractivity contribution in [2.75, 3.05) is 5.32 Å². The van der Waals surface area contributed by atoms with E-state index < -0.39 is 0 Å². The van der Waals surface area contributed by atoms with E-state index in [-0.39, 0.29) is 5.37 Å². The van der Waals surface area contributed by atoms with Gasteiger partial charge in [0.05, 0.1) is 10.2 Å². The summed E-state index contributed by atoms with van der Waals surface area (Å²) in [6.45, 7) is 0. The SMILES string of the molecule is c1ccc2c(c1)NC(c1ccc(-c3c4ccccc4c(-c4ccc(-c5nc6ccccc6s5)cc4)c4ccccc34)cc1)S2. The van der Waals surface area contributed by atoms with Crippen LogP contribution in [0.3, 0.4) is 0 Å². The molecule has 8 aromatic rings. The molecule has 1 N–H and O–H groups in total. The van der Waals surface area contributed by atoms with Crippen molar-refractivity contribution in [2.24, 2.45) is 0 Å². The quantitative estimate of drug-likeness (QED) is 0.204. The van der Waals surface area contributed by atoms with Crippen LogP contribution in [0.25, 0.3) is 64.6 Å². The molecule has 0 aliphatic carbocycles. The Labute approximate surface area is 264 Å². The first-order valence-electron chi connectivity index (χ1n) is 14.8. The summed E-state index contributed by atoms with van der Waals surface area (Å²) in [7, 11) is 0. The monoisotopic (exact) mass is 598 g/mol. The highest BCUT2D eigenvalue weighted by Gasteiger charge is 2.23. The van der Waals surface area contributed by atoms with Gasteiger partial charge >= 0.3 is 0 Å². The number of thiazole rings is 1. The molecule has 1 aliphatic rings. The van der Waals surface area contributed by atoms with E-state index in [0.717, 1.165) is 16.1 Å². The van der Waals surface area contributed by atoms with Crippen LogP contribution < -0.4 is 5.32 Å². The molecular formula is C40H26N2S2. The van der Waals surface area contributed by atoms with Crippen LogP contribution in [0.4, 0.5) is 5.69 Å². The lowest BCUT2D eigenvalue weighted by atomic mass is 9.85. The lowest BCUT2D eigenvalue weighted by Crippen LogP contribution is -2.00. The predicted molar refractivity (Wildman–Crippen MR) is 190 cm³/mol. The van der Waals surface area contributed by atoms with Crippen LogP contribution in [0, 0.1) is 0 Å². The maximum absolute atomic E-state index is 4.89. The first-order chi connectivity index (χ1) is 21.8. The zero-order valence-electron chi connectivity index (χ0n) is 23.7. The molecule has 0 amide bonds. The second-order valence-electron chi connectivity index (χ2n) is 11.2. The Morgan fingerprint density at radius 2 is 1.02 bits per heavy atom. The fraction of sp³-hybridized carbons (Fsp3) is 0.0250. The third kappa shape index (κ3) is 4.22. The standard InChI is InChI=1S/C40H26N2S2/c1-2-10-30-29(9-1)37(25-17-21-27(22-18-25)39-41-33-13-5-7-15-35(33)43-39)31-11-3-4-12-32(31)38(30)26-19-23-28(24-20-26)40-42-34-14-6-8-16-36(34)44-40/h1-24,39,41H. The average Bonchev–Trinajstić information content (AvgIpc) is 3.72. The largest absolute Gasteiger partial charge is 0.368 e. The molecule has 1 atom stereocenters. The number of fused-ring (bicyclic) bond motifs is 4. The summed E-state index contributed by atoms with van der Waals surface area (Å²) < 4.78 is 1.22. The molecule has 44 heavy (non-hydrogen) atoms. The minimum absolute atomic E-state index is 0.225. The van der Waals surface area contributed by atoms with Gasteiger partial charge in [-0.25, -0.2) is 4.98 Å². The number of nitrogens with zero attached hydrogens (tertiary/aromatic N) is 1. The van der Waals surface area contributed by atoms with Crippen LogP contribution in [-0.2, 0) is 0 Å². The Morgan fingerprint density at radius 3 is 1.64 bits per heavy atom. The predicted octanol–water partition coefficient (Wildman–Crippen LogP) is 11.8. The van der Waals surface area contributed by atoms with Gasteiger partial charge in [0.15, 0.2) is 0 Å². The van der Waals surface area contributed by atoms with Gasteiger partial charge in [-0.3, -0.25) is 0 Å². The van der Waals surface area contributed by atoms with Gasteiger partial charge in [-0.2, -0.15) is 0 Å². The van der Waals surface area contributed by atoms with Crippen molar-refractivity contribution in [3.8, 4) is 32.8 Å². The molecule has 4 heteroatoms. The summed E-state index contributed by atoms with van der Waals surface area (Å²) in [6.07, 6.45) is 0. The zero-order valence-corrected chi connectivity index (χ0v) is 25.3. The van der Waals surface area contributed by atoms with Crippen LogP contribution in [-0.4, -0.2) is 4.98 Å². The molecule has 9 rings (SSSR count). The number of anilines is 1. The van der Waals surface area contributed by atoms with Crippen molar-refractivity contribution >= 4 is 60.5 Å². The molecule has 0 bridgehead atoms. The van der Waals surface area contributed by atoms with Crippen LogP contribution in [0.1, 0.15) is 10.9 Å². The highest BCUT2D eigenvalue weighted by molar-refractivity contribution is 8.00. The van der Waals surface area contributed by atoms with Gasteiger partial charge in [-0.15, -0.1) is 11.3 Å². The van der Waals surface area contributed by atoms with Gasteiger partial charge in [0.2, 0.25) is 0 Å². The van der Waals surface area contributed by atoms with Crippen molar-refractivity contribution in [3.63, 3.8) is 0 Å². The summed E-state index contributed by atoms with van der Waals surface area (Å²) in [6, 6.07) is 52.7. The molecule has 1 aromatic heterocycles. The molecule has 0 saturated carbocycles. The number of rotatable bonds is 4. The fourth-order valence-corrected chi connectivity index (χ4v) is 8.60. The molecule has 1 unspecified atom stereocenters. The Kier molecular flexibility index (Phi) is 6.03. The number of hydrogen-bond donors (Lipinski definition) is 1. The van der Waals surface area contributed by atoms with Crippen molar-refractivity contribution in [1.29, 1.82) is 0 Å². The van der Waals surface area contributed by atoms with E-state index in [0.29, 0.717) is 0 Å². The Balaban J connectivity index is 1.15. The lowest BCUT2D eigenvalue weighted by molar-refractivity contribution is 1.13. The maximum Gasteiger partial charge on any atom is 0.124 e. The summed E-state index contributed by atoms with van der Waals surface area (Å²) >= 11 is 3.63. The van der Waals surface area contributed by atoms with Gasteiger partial charge in [-0.1, -0.05) is 133 Å². The van der Waals surface area contributed by atoms with Gasteiger partial charge in [0, 0.05) is 16.1 Å². The van der Waals surface area contributed by atoms with Crippen LogP contribution >= 0.6 is 23.1 Å². The number of hydrogen-bond acceptors (Lipinski definition) is 4. The average molecular weight is 599 g/mol. The topological polar surface area (TPSA) is 24.9 Å². The van der Waals surface area contributed by atoms with E-state index in [1.54, 1.807) is 11.3 Å². The first kappa shape index (κ1) is 25.6. The second kappa shape index (κ2) is 10.4. The van der Waals surface area contributed by atoms with E-state index in [2.05, 4.69) is 145 Å². The number of thioether (sulfide) groups is 1. The molecular weight excluding hydrogens is 573 g/mol. The van der Waals surface area contributed by atoms with Crippen molar-refractivity contribution in [3.05, 3.63) is 151 Å². The molecule has 0 radical (unpaired) electrons. The third-order valence-corrected chi connectivity index (χ3v) is 10.9. The molecule has 0 spiro atoms. The maximum atomic E-state index is 4.89. The van der Waals surface area contributed by atoms with Crippen LogP contribution in [0.5, 0.6) is 0 Å². The summed E-state index contributed by atoms with van der Waals surface area (Å²) in [5.74, 6) is 0. The minimum Gasteiger partial charge on any atom is -0.368 e. The van der Waals surface area contributed by atoms with Gasteiger partial charge in [0.1, 0.15) is 10.4 Å².